The summed E-state index contributed by atoms with van der Waals surface area (Å²) in [5, 5.41) is 1.93. The second-order valence-electron chi connectivity index (χ2n) is 5.22. The van der Waals surface area contributed by atoms with Crippen molar-refractivity contribution in [2.45, 2.75) is 32.4 Å². The number of carbonyl (C=O) groups is 1. The Morgan fingerprint density at radius 2 is 2.29 bits per heavy atom. The Labute approximate surface area is 133 Å². The molecule has 2 aromatic rings. The Kier molecular flexibility index (Phi) is 4.48. The minimum Gasteiger partial charge on any atom is -0.465 e. The lowest BCUT2D eigenvalue weighted by Gasteiger charge is -2.22. The molecule has 1 aliphatic rings. The molecule has 1 saturated heterocycles. The predicted molar refractivity (Wildman–Crippen MR) is 86.9 cm³/mol. The highest BCUT2D eigenvalue weighted by Crippen LogP contribution is 2.37. The summed E-state index contributed by atoms with van der Waals surface area (Å²) in [5.41, 5.74) is 0. The zero-order valence-electron chi connectivity index (χ0n) is 12.0. The number of carbonyl (C=O) groups excluding carboxylic acids is 1. The summed E-state index contributed by atoms with van der Waals surface area (Å²) < 4.78 is 6.37. The number of thiophene rings is 1. The molecule has 1 fully saturated rings. The van der Waals surface area contributed by atoms with Crippen LogP contribution in [0.5, 0.6) is 0 Å². The Balaban J connectivity index is 1.81. The molecular formula is C16H18ClNO2S. The smallest absolute Gasteiger partial charge is 0.323 e. The summed E-state index contributed by atoms with van der Waals surface area (Å²) in [6.45, 7) is 3.93. The van der Waals surface area contributed by atoms with Crippen LogP contribution in [0, 0.1) is 0 Å². The van der Waals surface area contributed by atoms with Crippen molar-refractivity contribution in [2.75, 3.05) is 13.2 Å². The zero-order valence-corrected chi connectivity index (χ0v) is 13.5. The van der Waals surface area contributed by atoms with Gasteiger partial charge >= 0.3 is 5.97 Å². The number of halogens is 1. The molecule has 0 saturated carbocycles. The van der Waals surface area contributed by atoms with Crippen LogP contribution >= 0.6 is 22.9 Å². The van der Waals surface area contributed by atoms with Crippen molar-refractivity contribution in [3.63, 3.8) is 0 Å². The molecule has 3 nitrogen and oxygen atoms in total. The van der Waals surface area contributed by atoms with Crippen LogP contribution in [0.15, 0.2) is 24.3 Å². The summed E-state index contributed by atoms with van der Waals surface area (Å²) in [4.78, 5) is 15.3. The van der Waals surface area contributed by atoms with Gasteiger partial charge in [0.25, 0.3) is 0 Å². The summed E-state index contributed by atoms with van der Waals surface area (Å²) in [7, 11) is 0. The molecule has 0 radical (unpaired) electrons. The van der Waals surface area contributed by atoms with Gasteiger partial charge < -0.3 is 4.74 Å². The lowest BCUT2D eigenvalue weighted by Crippen LogP contribution is -2.36. The number of rotatable bonds is 4. The van der Waals surface area contributed by atoms with Crippen molar-refractivity contribution >= 4 is 39.0 Å². The first-order chi connectivity index (χ1) is 10.2. The van der Waals surface area contributed by atoms with E-state index in [-0.39, 0.29) is 12.0 Å². The normalized spacial score (nSPS) is 19.2. The van der Waals surface area contributed by atoms with Crippen LogP contribution in [0.1, 0.15) is 24.6 Å². The highest BCUT2D eigenvalue weighted by atomic mass is 35.5. The number of nitrogens with zero attached hydrogens (tertiary/aromatic N) is 1. The molecule has 1 unspecified atom stereocenters. The van der Waals surface area contributed by atoms with Crippen molar-refractivity contribution in [1.29, 1.82) is 0 Å². The minimum absolute atomic E-state index is 0.104. The van der Waals surface area contributed by atoms with E-state index < -0.39 is 0 Å². The monoisotopic (exact) mass is 323 g/mol. The van der Waals surface area contributed by atoms with Crippen LogP contribution < -0.4 is 0 Å². The van der Waals surface area contributed by atoms with Gasteiger partial charge in [-0.2, -0.15) is 0 Å². The minimum atomic E-state index is -0.119. The Morgan fingerprint density at radius 1 is 1.48 bits per heavy atom. The summed E-state index contributed by atoms with van der Waals surface area (Å²) in [6.07, 6.45) is 1.91. The molecular weight excluding hydrogens is 306 g/mol. The molecule has 1 atom stereocenters. The second kappa shape index (κ2) is 6.34. The van der Waals surface area contributed by atoms with E-state index in [9.17, 15) is 4.79 Å². The van der Waals surface area contributed by atoms with E-state index in [0.29, 0.717) is 6.61 Å². The molecule has 112 valence electrons. The maximum atomic E-state index is 12.0. The van der Waals surface area contributed by atoms with Gasteiger partial charge in [-0.25, -0.2) is 0 Å². The van der Waals surface area contributed by atoms with Crippen molar-refractivity contribution in [2.24, 2.45) is 0 Å². The maximum absolute atomic E-state index is 12.0. The fraction of sp³-hybridized carbons (Fsp3) is 0.438. The van der Waals surface area contributed by atoms with Gasteiger partial charge in [-0.05, 0) is 32.4 Å². The van der Waals surface area contributed by atoms with Crippen molar-refractivity contribution < 1.29 is 9.53 Å². The van der Waals surface area contributed by atoms with Crippen LogP contribution in [0.25, 0.3) is 10.1 Å². The van der Waals surface area contributed by atoms with Crippen LogP contribution in [0.4, 0.5) is 0 Å². The van der Waals surface area contributed by atoms with Gasteiger partial charge in [-0.3, -0.25) is 9.69 Å². The second-order valence-corrected chi connectivity index (χ2v) is 6.73. The van der Waals surface area contributed by atoms with Gasteiger partial charge in [0.2, 0.25) is 0 Å². The van der Waals surface area contributed by atoms with Crippen LogP contribution in [0.2, 0.25) is 5.02 Å². The number of fused-ring (bicyclic) bond motifs is 1. The summed E-state index contributed by atoms with van der Waals surface area (Å²) in [5.74, 6) is -0.104. The fourth-order valence-corrected chi connectivity index (χ4v) is 4.39. The lowest BCUT2D eigenvalue weighted by molar-refractivity contribution is -0.148. The SMILES string of the molecule is CCOC(=O)C1CCCN1Cc1sc2ccccc2c1Cl. The molecule has 1 aromatic heterocycles. The summed E-state index contributed by atoms with van der Waals surface area (Å²) in [6, 6.07) is 8.04. The largest absolute Gasteiger partial charge is 0.465 e. The number of benzene rings is 1. The molecule has 5 heteroatoms. The van der Waals surface area contributed by atoms with Crippen LogP contribution in [-0.4, -0.2) is 30.1 Å². The molecule has 3 rings (SSSR count). The maximum Gasteiger partial charge on any atom is 0.323 e. The standard InChI is InChI=1S/C16H18ClNO2S/c1-2-20-16(19)12-7-5-9-18(12)10-14-15(17)11-6-3-4-8-13(11)21-14/h3-4,6,8,12H,2,5,7,9-10H2,1H3. The number of likely N-dealkylation sites (tertiary alicyclic amines) is 1. The van der Waals surface area contributed by atoms with Gasteiger partial charge in [-0.1, -0.05) is 29.8 Å². The molecule has 0 amide bonds. The van der Waals surface area contributed by atoms with E-state index in [4.69, 9.17) is 16.3 Å². The molecule has 1 aromatic carbocycles. The predicted octanol–water partition coefficient (Wildman–Crippen LogP) is 4.08. The number of hydrogen-bond acceptors (Lipinski definition) is 4. The van der Waals surface area contributed by atoms with Crippen molar-refractivity contribution in [3.05, 3.63) is 34.2 Å². The van der Waals surface area contributed by atoms with Crippen LogP contribution in [0.3, 0.4) is 0 Å². The van der Waals surface area contributed by atoms with E-state index in [1.165, 1.54) is 4.70 Å². The quantitative estimate of drug-likeness (QED) is 0.794. The molecule has 0 N–H and O–H groups in total. The first-order valence-corrected chi connectivity index (χ1v) is 8.46. The highest BCUT2D eigenvalue weighted by Gasteiger charge is 2.32. The summed E-state index contributed by atoms with van der Waals surface area (Å²) >= 11 is 8.20. The van der Waals surface area contributed by atoms with E-state index in [1.54, 1.807) is 11.3 Å². The van der Waals surface area contributed by atoms with Crippen LogP contribution in [-0.2, 0) is 16.1 Å². The zero-order chi connectivity index (χ0) is 14.8. The highest BCUT2D eigenvalue weighted by molar-refractivity contribution is 7.19. The molecule has 0 spiro atoms. The average Bonchev–Trinajstić information content (AvgIpc) is 3.06. The lowest BCUT2D eigenvalue weighted by atomic mass is 10.2. The van der Waals surface area contributed by atoms with Crippen molar-refractivity contribution in [3.8, 4) is 0 Å². The molecule has 0 bridgehead atoms. The fourth-order valence-electron chi connectivity index (χ4n) is 2.87. The van der Waals surface area contributed by atoms with E-state index in [1.807, 2.05) is 25.1 Å². The molecule has 2 heterocycles. The Morgan fingerprint density at radius 3 is 3.05 bits per heavy atom. The Hall–Kier alpha value is -1.10. The third-order valence-electron chi connectivity index (χ3n) is 3.87. The molecule has 1 aliphatic heterocycles. The van der Waals surface area contributed by atoms with Gasteiger partial charge in [0.05, 0.1) is 11.6 Å². The molecule has 21 heavy (non-hydrogen) atoms. The van der Waals surface area contributed by atoms with Gasteiger partial charge in [-0.15, -0.1) is 11.3 Å². The third kappa shape index (κ3) is 2.93. The van der Waals surface area contributed by atoms with Gasteiger partial charge in [0.15, 0.2) is 0 Å². The average molecular weight is 324 g/mol. The first-order valence-electron chi connectivity index (χ1n) is 7.27. The molecule has 0 aliphatic carbocycles. The third-order valence-corrected chi connectivity index (χ3v) is 5.57. The van der Waals surface area contributed by atoms with E-state index in [2.05, 4.69) is 11.0 Å². The number of esters is 1. The van der Waals surface area contributed by atoms with Gasteiger partial charge in [0.1, 0.15) is 6.04 Å². The number of ether oxygens (including phenoxy) is 1. The van der Waals surface area contributed by atoms with E-state index >= 15 is 0 Å². The topological polar surface area (TPSA) is 29.5 Å². The number of hydrogen-bond donors (Lipinski definition) is 0. The van der Waals surface area contributed by atoms with E-state index in [0.717, 1.165) is 41.2 Å². The van der Waals surface area contributed by atoms with Crippen molar-refractivity contribution in [1.82, 2.24) is 4.90 Å². The van der Waals surface area contributed by atoms with Gasteiger partial charge in [0, 0.05) is 21.5 Å². The first kappa shape index (κ1) is 14.8. The Bertz CT molecular complexity index is 655.